The smallest absolute Gasteiger partial charge is 0.0726 e. The van der Waals surface area contributed by atoms with Crippen LogP contribution in [0.1, 0.15) is 85.8 Å². The Balaban J connectivity index is 1.08. The summed E-state index contributed by atoms with van der Waals surface area (Å²) in [7, 11) is 0. The van der Waals surface area contributed by atoms with Crippen molar-refractivity contribution in [3.05, 3.63) is 215 Å². The van der Waals surface area contributed by atoms with E-state index in [1.807, 2.05) is 0 Å². The lowest BCUT2D eigenvalue weighted by atomic mass is 9.70. The SMILES string of the molecule is CCC(C)c1ccc2c(c1)c1cc(C(C)CC)ccc1n2-c1ccc(N(c2ccccc2)c2ccc3c(c2)C2(c4ccccc4-c4ccccc42)c2ccccc2-3)cc1. The quantitative estimate of drug-likeness (QED) is 0.150. The molecule has 2 unspecified atom stereocenters. The van der Waals surface area contributed by atoms with Crippen molar-refractivity contribution >= 4 is 38.9 Å². The molecule has 9 aromatic rings. The average Bonchev–Trinajstić information content (AvgIpc) is 3.90. The zero-order valence-corrected chi connectivity index (χ0v) is 34.3. The van der Waals surface area contributed by atoms with Crippen LogP contribution >= 0.6 is 0 Å². The van der Waals surface area contributed by atoms with Crippen molar-refractivity contribution < 1.29 is 0 Å². The summed E-state index contributed by atoms with van der Waals surface area (Å²) in [5, 5.41) is 2.67. The summed E-state index contributed by atoms with van der Waals surface area (Å²) >= 11 is 0. The molecule has 2 aliphatic rings. The Morgan fingerprint density at radius 2 is 0.864 bits per heavy atom. The number of hydrogen-bond donors (Lipinski definition) is 0. The van der Waals surface area contributed by atoms with Crippen molar-refractivity contribution in [3.63, 3.8) is 0 Å². The second kappa shape index (κ2) is 13.7. The zero-order chi connectivity index (χ0) is 39.8. The average molecular weight is 761 g/mol. The predicted octanol–water partition coefficient (Wildman–Crippen LogP) is 15.6. The van der Waals surface area contributed by atoms with Crippen molar-refractivity contribution in [2.75, 3.05) is 4.90 Å². The fourth-order valence-corrected chi connectivity index (χ4v) is 10.4. The van der Waals surface area contributed by atoms with E-state index in [0.717, 1.165) is 35.6 Å². The standard InChI is InChI=1S/C57H48N2/c1-5-37(3)39-24-32-55-49(34-39)50-35-40(38(4)6-2)25-33-56(50)59(55)43-28-26-42(27-29-43)58(41-16-8-7-9-17-41)44-30-31-48-47-20-12-15-23-53(47)57(54(48)36-44)51-21-13-10-18-45(51)46-19-11-14-22-52(46)57/h7-38H,5-6H2,1-4H3. The predicted molar refractivity (Wildman–Crippen MR) is 249 cm³/mol. The van der Waals surface area contributed by atoms with Gasteiger partial charge in [0.25, 0.3) is 0 Å². The van der Waals surface area contributed by atoms with Gasteiger partial charge in [-0.3, -0.25) is 0 Å². The zero-order valence-electron chi connectivity index (χ0n) is 34.3. The van der Waals surface area contributed by atoms with Gasteiger partial charge in [-0.05, 0) is 153 Å². The Morgan fingerprint density at radius 3 is 1.37 bits per heavy atom. The Kier molecular flexibility index (Phi) is 8.27. The Hall–Kier alpha value is -6.64. The Morgan fingerprint density at radius 1 is 0.424 bits per heavy atom. The first-order valence-corrected chi connectivity index (χ1v) is 21.5. The van der Waals surface area contributed by atoms with Gasteiger partial charge in [0.05, 0.1) is 16.4 Å². The normalized spacial score (nSPS) is 14.2. The molecule has 0 bridgehead atoms. The first kappa shape index (κ1) is 35.5. The molecule has 0 fully saturated rings. The van der Waals surface area contributed by atoms with Gasteiger partial charge < -0.3 is 9.47 Å². The van der Waals surface area contributed by atoms with E-state index in [9.17, 15) is 0 Å². The van der Waals surface area contributed by atoms with E-state index in [1.54, 1.807) is 0 Å². The van der Waals surface area contributed by atoms with Gasteiger partial charge in [0.1, 0.15) is 0 Å². The van der Waals surface area contributed by atoms with Crippen LogP contribution in [0.4, 0.5) is 17.1 Å². The minimum atomic E-state index is -0.401. The number of rotatable bonds is 8. The molecule has 286 valence electrons. The Bertz CT molecular complexity index is 2930. The van der Waals surface area contributed by atoms with Crippen molar-refractivity contribution in [1.29, 1.82) is 0 Å². The lowest BCUT2D eigenvalue weighted by Crippen LogP contribution is -2.26. The largest absolute Gasteiger partial charge is 0.310 e. The fourth-order valence-electron chi connectivity index (χ4n) is 10.4. The van der Waals surface area contributed by atoms with Crippen molar-refractivity contribution in [3.8, 4) is 27.9 Å². The molecule has 0 amide bonds. The Labute approximate surface area is 348 Å². The highest BCUT2D eigenvalue weighted by atomic mass is 15.1. The van der Waals surface area contributed by atoms with Crippen LogP contribution < -0.4 is 4.90 Å². The van der Waals surface area contributed by atoms with Crippen LogP contribution in [-0.2, 0) is 5.41 Å². The molecule has 1 spiro atoms. The second-order valence-electron chi connectivity index (χ2n) is 16.8. The van der Waals surface area contributed by atoms with Gasteiger partial charge in [-0.25, -0.2) is 0 Å². The van der Waals surface area contributed by atoms with E-state index in [1.165, 1.54) is 77.4 Å². The highest BCUT2D eigenvalue weighted by Crippen LogP contribution is 2.63. The topological polar surface area (TPSA) is 8.17 Å². The molecule has 0 radical (unpaired) electrons. The molecule has 1 aromatic heterocycles. The van der Waals surface area contributed by atoms with Gasteiger partial charge in [0.2, 0.25) is 0 Å². The van der Waals surface area contributed by atoms with Crippen molar-refractivity contribution in [1.82, 2.24) is 4.57 Å². The number of benzene rings is 8. The summed E-state index contributed by atoms with van der Waals surface area (Å²) in [6, 6.07) is 68.7. The van der Waals surface area contributed by atoms with Crippen LogP contribution in [0.25, 0.3) is 49.7 Å². The first-order valence-electron chi connectivity index (χ1n) is 21.5. The summed E-state index contributed by atoms with van der Waals surface area (Å²) in [6.07, 6.45) is 2.25. The molecule has 2 atom stereocenters. The number of nitrogens with zero attached hydrogens (tertiary/aromatic N) is 2. The van der Waals surface area contributed by atoms with Crippen LogP contribution in [0.2, 0.25) is 0 Å². The highest BCUT2D eigenvalue weighted by Gasteiger charge is 2.51. The van der Waals surface area contributed by atoms with E-state index in [-0.39, 0.29) is 0 Å². The van der Waals surface area contributed by atoms with Crippen LogP contribution in [0, 0.1) is 0 Å². The molecular formula is C57H48N2. The van der Waals surface area contributed by atoms with Gasteiger partial charge in [-0.1, -0.05) is 137 Å². The number of aromatic nitrogens is 1. The fraction of sp³-hybridized carbons (Fsp3) is 0.158. The maximum Gasteiger partial charge on any atom is 0.0726 e. The highest BCUT2D eigenvalue weighted by molar-refractivity contribution is 6.10. The molecule has 1 heterocycles. The van der Waals surface area contributed by atoms with E-state index in [4.69, 9.17) is 0 Å². The van der Waals surface area contributed by atoms with Crippen LogP contribution in [0.15, 0.2) is 182 Å². The molecule has 8 aromatic carbocycles. The number of anilines is 3. The maximum atomic E-state index is 2.48. The molecule has 59 heavy (non-hydrogen) atoms. The van der Waals surface area contributed by atoms with E-state index >= 15 is 0 Å². The molecule has 0 aliphatic heterocycles. The maximum absolute atomic E-state index is 2.48. The van der Waals surface area contributed by atoms with Crippen LogP contribution in [-0.4, -0.2) is 4.57 Å². The molecule has 2 heteroatoms. The third-order valence-corrected chi connectivity index (χ3v) is 13.8. The number of fused-ring (bicyclic) bond motifs is 13. The summed E-state index contributed by atoms with van der Waals surface area (Å²) in [5.41, 5.74) is 20.2. The van der Waals surface area contributed by atoms with Gasteiger partial charge in [0.15, 0.2) is 0 Å². The first-order chi connectivity index (χ1) is 29.0. The number of para-hydroxylation sites is 1. The van der Waals surface area contributed by atoms with Gasteiger partial charge in [-0.15, -0.1) is 0 Å². The second-order valence-corrected chi connectivity index (χ2v) is 16.8. The number of hydrogen-bond acceptors (Lipinski definition) is 1. The molecule has 0 N–H and O–H groups in total. The summed E-state index contributed by atoms with van der Waals surface area (Å²) < 4.78 is 2.47. The van der Waals surface area contributed by atoms with E-state index < -0.39 is 5.41 Å². The molecule has 2 nitrogen and oxygen atoms in total. The molecule has 0 saturated carbocycles. The van der Waals surface area contributed by atoms with Crippen LogP contribution in [0.5, 0.6) is 0 Å². The molecule has 2 aliphatic carbocycles. The van der Waals surface area contributed by atoms with Gasteiger partial charge in [0, 0.05) is 33.5 Å². The molecule has 0 saturated heterocycles. The third-order valence-electron chi connectivity index (χ3n) is 13.8. The van der Waals surface area contributed by atoms with E-state index in [0.29, 0.717) is 11.8 Å². The lowest BCUT2D eigenvalue weighted by molar-refractivity contribution is 0.734. The summed E-state index contributed by atoms with van der Waals surface area (Å²) in [5.74, 6) is 1.03. The third kappa shape index (κ3) is 5.18. The lowest BCUT2D eigenvalue weighted by Gasteiger charge is -2.32. The molecular weight excluding hydrogens is 713 g/mol. The van der Waals surface area contributed by atoms with Gasteiger partial charge in [-0.2, -0.15) is 0 Å². The summed E-state index contributed by atoms with van der Waals surface area (Å²) in [6.45, 7) is 9.25. The van der Waals surface area contributed by atoms with Gasteiger partial charge >= 0.3 is 0 Å². The van der Waals surface area contributed by atoms with E-state index in [2.05, 4.69) is 219 Å². The minimum absolute atomic E-state index is 0.401. The molecule has 11 rings (SSSR count). The summed E-state index contributed by atoms with van der Waals surface area (Å²) in [4.78, 5) is 2.43. The van der Waals surface area contributed by atoms with Crippen molar-refractivity contribution in [2.24, 2.45) is 0 Å². The van der Waals surface area contributed by atoms with Crippen LogP contribution in [0.3, 0.4) is 0 Å². The van der Waals surface area contributed by atoms with Crippen molar-refractivity contribution in [2.45, 2.75) is 57.8 Å². The minimum Gasteiger partial charge on any atom is -0.310 e. The monoisotopic (exact) mass is 760 g/mol.